The van der Waals surface area contributed by atoms with E-state index in [0.717, 1.165) is 13.0 Å². The minimum Gasteiger partial charge on any atom is -0.444 e. The number of carbonyl (C=O) groups excluding carboxylic acids is 1. The molecule has 1 N–H and O–H groups in total. The number of amides is 1. The number of hydrogen-bond donors (Lipinski definition) is 1. The van der Waals surface area contributed by atoms with Crippen LogP contribution in [0.3, 0.4) is 0 Å². The molecule has 0 rings (SSSR count). The van der Waals surface area contributed by atoms with Crippen molar-refractivity contribution < 1.29 is 14.0 Å². The third-order valence-corrected chi connectivity index (χ3v) is 8.34. The highest BCUT2D eigenvalue weighted by atomic mass is 28.4. The normalized spacial score (nSPS) is 14.7. The van der Waals surface area contributed by atoms with E-state index in [1.165, 1.54) is 0 Å². The number of carbonyl (C=O) groups is 1. The molecule has 0 radical (unpaired) electrons. The van der Waals surface area contributed by atoms with Crippen molar-refractivity contribution in [3.05, 3.63) is 0 Å². The molecule has 0 spiro atoms. The highest BCUT2D eigenvalue weighted by molar-refractivity contribution is 6.74. The predicted molar refractivity (Wildman–Crippen MR) is 91.2 cm³/mol. The lowest BCUT2D eigenvalue weighted by atomic mass is 10.1. The zero-order valence-corrected chi connectivity index (χ0v) is 16.4. The summed E-state index contributed by atoms with van der Waals surface area (Å²) in [6.45, 7) is 20.4. The van der Waals surface area contributed by atoms with Crippen molar-refractivity contribution in [1.29, 1.82) is 0 Å². The quantitative estimate of drug-likeness (QED) is 0.731. The molecule has 0 saturated heterocycles. The Morgan fingerprint density at radius 2 is 1.67 bits per heavy atom. The molecule has 4 nitrogen and oxygen atoms in total. The Kier molecular flexibility index (Phi) is 7.43. The Hall–Kier alpha value is -0.553. The molecule has 0 aromatic carbocycles. The lowest BCUT2D eigenvalue weighted by molar-refractivity contribution is 0.0523. The van der Waals surface area contributed by atoms with Gasteiger partial charge in [-0.1, -0.05) is 27.7 Å². The molecular formula is C16H35NO3Si. The molecule has 1 amide bonds. The van der Waals surface area contributed by atoms with Crippen molar-refractivity contribution in [2.24, 2.45) is 5.92 Å². The molecule has 1 unspecified atom stereocenters. The Morgan fingerprint density at radius 1 is 1.14 bits per heavy atom. The van der Waals surface area contributed by atoms with Gasteiger partial charge in [0.05, 0.1) is 0 Å². The van der Waals surface area contributed by atoms with Crippen molar-refractivity contribution in [2.75, 3.05) is 13.2 Å². The van der Waals surface area contributed by atoms with Crippen molar-refractivity contribution in [1.82, 2.24) is 5.32 Å². The van der Waals surface area contributed by atoms with Crippen LogP contribution in [-0.2, 0) is 9.16 Å². The fourth-order valence-electron chi connectivity index (χ4n) is 1.39. The second-order valence-corrected chi connectivity index (χ2v) is 13.2. The summed E-state index contributed by atoms with van der Waals surface area (Å²) in [6, 6.07) is 0. The molecule has 0 aliphatic heterocycles. The first-order chi connectivity index (χ1) is 9.24. The van der Waals surface area contributed by atoms with E-state index >= 15 is 0 Å². The highest BCUT2D eigenvalue weighted by Crippen LogP contribution is 2.36. The number of rotatable bonds is 6. The van der Waals surface area contributed by atoms with Crippen molar-refractivity contribution in [3.63, 3.8) is 0 Å². The van der Waals surface area contributed by atoms with Gasteiger partial charge in [-0.25, -0.2) is 4.79 Å². The summed E-state index contributed by atoms with van der Waals surface area (Å²) in [5, 5.41) is 3.03. The average molecular weight is 318 g/mol. The minimum atomic E-state index is -1.67. The third-order valence-electron chi connectivity index (χ3n) is 3.84. The van der Waals surface area contributed by atoms with Gasteiger partial charge in [-0.3, -0.25) is 0 Å². The summed E-state index contributed by atoms with van der Waals surface area (Å²) in [5.41, 5.74) is -0.443. The first kappa shape index (κ1) is 20.4. The summed E-state index contributed by atoms with van der Waals surface area (Å²) in [4.78, 5) is 11.5. The zero-order valence-electron chi connectivity index (χ0n) is 15.4. The highest BCUT2D eigenvalue weighted by Gasteiger charge is 2.37. The summed E-state index contributed by atoms with van der Waals surface area (Å²) in [7, 11) is -1.67. The Bertz CT molecular complexity index is 329. The Morgan fingerprint density at radius 3 is 2.10 bits per heavy atom. The molecule has 5 heteroatoms. The van der Waals surface area contributed by atoms with E-state index in [1.807, 2.05) is 20.8 Å². The Balaban J connectivity index is 3.97. The largest absolute Gasteiger partial charge is 0.444 e. The average Bonchev–Trinajstić information content (AvgIpc) is 2.22. The molecule has 21 heavy (non-hydrogen) atoms. The zero-order chi connectivity index (χ0) is 16.9. The molecular weight excluding hydrogens is 282 g/mol. The topological polar surface area (TPSA) is 47.6 Å². The van der Waals surface area contributed by atoms with Crippen molar-refractivity contribution >= 4 is 14.4 Å². The van der Waals surface area contributed by atoms with Gasteiger partial charge >= 0.3 is 6.09 Å². The fraction of sp³-hybridized carbons (Fsp3) is 0.938. The maximum Gasteiger partial charge on any atom is 0.407 e. The van der Waals surface area contributed by atoms with E-state index in [-0.39, 0.29) is 11.1 Å². The molecule has 0 bridgehead atoms. The van der Waals surface area contributed by atoms with Gasteiger partial charge in [-0.2, -0.15) is 0 Å². The van der Waals surface area contributed by atoms with Gasteiger partial charge in [-0.05, 0) is 51.2 Å². The smallest absolute Gasteiger partial charge is 0.407 e. The molecule has 0 fully saturated rings. The van der Waals surface area contributed by atoms with E-state index in [1.54, 1.807) is 0 Å². The van der Waals surface area contributed by atoms with Crippen LogP contribution in [0.5, 0.6) is 0 Å². The van der Waals surface area contributed by atoms with Crippen LogP contribution in [0.2, 0.25) is 18.1 Å². The molecule has 0 aliphatic carbocycles. The van der Waals surface area contributed by atoms with E-state index in [2.05, 4.69) is 46.1 Å². The van der Waals surface area contributed by atoms with Gasteiger partial charge in [0.1, 0.15) is 5.60 Å². The van der Waals surface area contributed by atoms with E-state index in [0.29, 0.717) is 12.5 Å². The van der Waals surface area contributed by atoms with Crippen LogP contribution >= 0.6 is 0 Å². The van der Waals surface area contributed by atoms with Crippen LogP contribution in [0.25, 0.3) is 0 Å². The van der Waals surface area contributed by atoms with E-state index < -0.39 is 13.9 Å². The van der Waals surface area contributed by atoms with E-state index in [4.69, 9.17) is 9.16 Å². The summed E-state index contributed by atoms with van der Waals surface area (Å²) < 4.78 is 11.4. The number of nitrogens with one attached hydrogen (secondary N) is 1. The summed E-state index contributed by atoms with van der Waals surface area (Å²) in [6.07, 6.45) is 0.549. The maximum absolute atomic E-state index is 11.5. The number of ether oxygens (including phenoxy) is 1. The first-order valence-corrected chi connectivity index (χ1v) is 10.8. The monoisotopic (exact) mass is 317 g/mol. The van der Waals surface area contributed by atoms with Gasteiger partial charge in [0.15, 0.2) is 8.32 Å². The van der Waals surface area contributed by atoms with Crippen LogP contribution in [0.1, 0.15) is 54.9 Å². The van der Waals surface area contributed by atoms with Crippen LogP contribution < -0.4 is 5.32 Å². The van der Waals surface area contributed by atoms with Gasteiger partial charge < -0.3 is 14.5 Å². The molecule has 0 heterocycles. The van der Waals surface area contributed by atoms with Crippen LogP contribution in [0.15, 0.2) is 0 Å². The summed E-state index contributed by atoms with van der Waals surface area (Å²) >= 11 is 0. The lowest BCUT2D eigenvalue weighted by Crippen LogP contribution is -2.42. The molecule has 0 aromatic rings. The van der Waals surface area contributed by atoms with E-state index in [9.17, 15) is 4.79 Å². The molecule has 0 saturated carbocycles. The summed E-state index contributed by atoms with van der Waals surface area (Å²) in [5.74, 6) is 0.425. The molecule has 0 aliphatic rings. The number of alkyl carbamates (subject to hydrolysis) is 1. The second kappa shape index (κ2) is 7.63. The standard InChI is InChI=1S/C16H35NO3Si/c1-13(12-19-21(8,9)16(5,6)7)10-11-17-14(18)20-15(2,3)4/h13H,10-12H2,1-9H3,(H,17,18). The van der Waals surface area contributed by atoms with Crippen LogP contribution in [-0.4, -0.2) is 33.2 Å². The fourth-order valence-corrected chi connectivity index (χ4v) is 2.52. The van der Waals surface area contributed by atoms with Crippen molar-refractivity contribution in [3.8, 4) is 0 Å². The maximum atomic E-state index is 11.5. The third kappa shape index (κ3) is 9.14. The van der Waals surface area contributed by atoms with Gasteiger partial charge in [0, 0.05) is 13.2 Å². The SMILES string of the molecule is CC(CCNC(=O)OC(C)(C)C)CO[Si](C)(C)C(C)(C)C. The van der Waals surface area contributed by atoms with Gasteiger partial charge in [-0.15, -0.1) is 0 Å². The van der Waals surface area contributed by atoms with Gasteiger partial charge in [0.2, 0.25) is 0 Å². The predicted octanol–water partition coefficient (Wildman–Crippen LogP) is 4.56. The van der Waals surface area contributed by atoms with Gasteiger partial charge in [0.25, 0.3) is 0 Å². The Labute approximate surface area is 132 Å². The minimum absolute atomic E-state index is 0.238. The number of hydrogen-bond acceptors (Lipinski definition) is 3. The van der Waals surface area contributed by atoms with Crippen LogP contribution in [0, 0.1) is 5.92 Å². The lowest BCUT2D eigenvalue weighted by Gasteiger charge is -2.37. The molecule has 0 aromatic heterocycles. The first-order valence-electron chi connectivity index (χ1n) is 7.85. The molecule has 1 atom stereocenters. The van der Waals surface area contributed by atoms with Crippen LogP contribution in [0.4, 0.5) is 4.79 Å². The molecule has 126 valence electrons. The van der Waals surface area contributed by atoms with Crippen molar-refractivity contribution in [2.45, 2.75) is 78.6 Å². The second-order valence-electron chi connectivity index (χ2n) is 8.39.